The number of anilines is 1. The molecule has 0 atom stereocenters. The number of aryl methyl sites for hydroxylation is 1. The number of hydrogen-bond donors (Lipinski definition) is 2. The lowest BCUT2D eigenvalue weighted by Gasteiger charge is -2.04. The number of carbonyl (C=O) groups excluding carboxylic acids is 1. The number of aromatic amines is 1. The van der Waals surface area contributed by atoms with Gasteiger partial charge >= 0.3 is 0 Å². The van der Waals surface area contributed by atoms with Gasteiger partial charge in [0.25, 0.3) is 5.91 Å². The number of carbonyl (C=O) groups is 1. The lowest BCUT2D eigenvalue weighted by molar-refractivity contribution is 0.102. The van der Waals surface area contributed by atoms with Gasteiger partial charge in [0.2, 0.25) is 0 Å². The minimum Gasteiger partial charge on any atom is -0.305 e. The first-order chi connectivity index (χ1) is 9.10. The van der Waals surface area contributed by atoms with Crippen LogP contribution in [0, 0.1) is 3.57 Å². The van der Waals surface area contributed by atoms with Crippen LogP contribution < -0.4 is 5.32 Å². The lowest BCUT2D eigenvalue weighted by Crippen LogP contribution is -2.13. The minimum absolute atomic E-state index is 0.153. The normalized spacial score (nSPS) is 10.5. The van der Waals surface area contributed by atoms with Crippen LogP contribution in [0.3, 0.4) is 0 Å². The van der Waals surface area contributed by atoms with E-state index in [4.69, 9.17) is 0 Å². The van der Waals surface area contributed by atoms with Gasteiger partial charge < -0.3 is 5.32 Å². The van der Waals surface area contributed by atoms with Gasteiger partial charge in [0.1, 0.15) is 0 Å². The molecule has 0 saturated carbocycles. The van der Waals surface area contributed by atoms with Crippen LogP contribution in [0.5, 0.6) is 0 Å². The van der Waals surface area contributed by atoms with Crippen molar-refractivity contribution in [3.63, 3.8) is 0 Å². The third kappa shape index (κ3) is 3.79. The second kappa shape index (κ2) is 6.51. The van der Waals surface area contributed by atoms with Crippen molar-refractivity contribution < 1.29 is 4.79 Å². The topological polar surface area (TPSA) is 57.8 Å². The van der Waals surface area contributed by atoms with E-state index in [-0.39, 0.29) is 5.91 Å². The molecule has 1 aromatic heterocycles. The van der Waals surface area contributed by atoms with Crippen molar-refractivity contribution in [2.75, 3.05) is 5.32 Å². The van der Waals surface area contributed by atoms with Crippen molar-refractivity contribution in [1.82, 2.24) is 10.2 Å². The third-order valence-electron chi connectivity index (χ3n) is 2.56. The van der Waals surface area contributed by atoms with Crippen molar-refractivity contribution in [2.45, 2.75) is 19.8 Å². The Morgan fingerprint density at radius 2 is 2.26 bits per heavy atom. The molecule has 1 heterocycles. The number of nitrogens with zero attached hydrogens (tertiary/aromatic N) is 1. The summed E-state index contributed by atoms with van der Waals surface area (Å²) in [4.78, 5) is 12.2. The Hall–Kier alpha value is -0.890. The standard InChI is InChI=1S/C13H13BrIN3O/c1-2-3-9-7-12(18-17-9)16-13(19)10-6-8(14)4-5-11(10)15/h4-7H,2-3H2,1H3,(H2,16,17,18,19). The fraction of sp³-hybridized carbons (Fsp3) is 0.231. The number of rotatable bonds is 4. The Morgan fingerprint density at radius 1 is 1.47 bits per heavy atom. The van der Waals surface area contributed by atoms with Gasteiger partial charge in [-0.25, -0.2) is 0 Å². The van der Waals surface area contributed by atoms with E-state index in [1.165, 1.54) is 0 Å². The van der Waals surface area contributed by atoms with E-state index in [9.17, 15) is 4.79 Å². The maximum absolute atomic E-state index is 12.2. The number of halogens is 2. The Bertz CT molecular complexity index is 597. The van der Waals surface area contributed by atoms with Crippen molar-refractivity contribution in [2.24, 2.45) is 0 Å². The van der Waals surface area contributed by atoms with Crippen LogP contribution in [-0.2, 0) is 6.42 Å². The average molecular weight is 434 g/mol. The van der Waals surface area contributed by atoms with Crippen LogP contribution in [0.15, 0.2) is 28.7 Å². The van der Waals surface area contributed by atoms with Gasteiger partial charge in [-0.1, -0.05) is 29.3 Å². The van der Waals surface area contributed by atoms with Crippen LogP contribution in [-0.4, -0.2) is 16.1 Å². The molecule has 100 valence electrons. The maximum atomic E-state index is 12.2. The maximum Gasteiger partial charge on any atom is 0.257 e. The van der Waals surface area contributed by atoms with Crippen molar-refractivity contribution >= 4 is 50.2 Å². The van der Waals surface area contributed by atoms with E-state index in [2.05, 4.69) is 61.0 Å². The summed E-state index contributed by atoms with van der Waals surface area (Å²) < 4.78 is 1.79. The van der Waals surface area contributed by atoms with E-state index >= 15 is 0 Å². The Labute approximate surface area is 133 Å². The Morgan fingerprint density at radius 3 is 3.00 bits per heavy atom. The van der Waals surface area contributed by atoms with E-state index in [1.807, 2.05) is 18.2 Å². The summed E-state index contributed by atoms with van der Waals surface area (Å²) in [6.45, 7) is 2.10. The molecule has 2 N–H and O–H groups in total. The van der Waals surface area contributed by atoms with Gasteiger partial charge in [-0.2, -0.15) is 5.10 Å². The smallest absolute Gasteiger partial charge is 0.257 e. The highest BCUT2D eigenvalue weighted by atomic mass is 127. The molecule has 4 nitrogen and oxygen atoms in total. The molecule has 0 aliphatic rings. The number of nitrogens with one attached hydrogen (secondary N) is 2. The average Bonchev–Trinajstić information content (AvgIpc) is 2.80. The van der Waals surface area contributed by atoms with Gasteiger partial charge in [-0.3, -0.25) is 9.89 Å². The molecule has 0 saturated heterocycles. The molecule has 0 bridgehead atoms. The summed E-state index contributed by atoms with van der Waals surface area (Å²) in [5, 5.41) is 9.79. The molecule has 0 fully saturated rings. The highest BCUT2D eigenvalue weighted by Gasteiger charge is 2.12. The molecule has 19 heavy (non-hydrogen) atoms. The fourth-order valence-electron chi connectivity index (χ4n) is 1.68. The van der Waals surface area contributed by atoms with Crippen molar-refractivity contribution in [3.05, 3.63) is 43.6 Å². The zero-order valence-corrected chi connectivity index (χ0v) is 14.1. The summed E-state index contributed by atoms with van der Waals surface area (Å²) in [6, 6.07) is 7.47. The van der Waals surface area contributed by atoms with Crippen LogP contribution in [0.4, 0.5) is 5.82 Å². The van der Waals surface area contributed by atoms with E-state index in [0.717, 1.165) is 26.6 Å². The SMILES string of the molecule is CCCc1cc(NC(=O)c2cc(Br)ccc2I)n[nH]1. The molecule has 1 amide bonds. The zero-order valence-electron chi connectivity index (χ0n) is 10.3. The first-order valence-corrected chi connectivity index (χ1v) is 7.78. The molecule has 0 aliphatic heterocycles. The van der Waals surface area contributed by atoms with Crippen molar-refractivity contribution in [1.29, 1.82) is 0 Å². The largest absolute Gasteiger partial charge is 0.305 e. The molecule has 0 spiro atoms. The zero-order chi connectivity index (χ0) is 13.8. The van der Waals surface area contributed by atoms with Crippen molar-refractivity contribution in [3.8, 4) is 0 Å². The minimum atomic E-state index is -0.153. The van der Waals surface area contributed by atoms with Gasteiger partial charge in [0.05, 0.1) is 5.56 Å². The molecule has 0 unspecified atom stereocenters. The van der Waals surface area contributed by atoms with Crippen LogP contribution in [0.25, 0.3) is 0 Å². The first kappa shape index (κ1) is 14.5. The predicted octanol–water partition coefficient (Wildman–Crippen LogP) is 3.98. The van der Waals surface area contributed by atoms with E-state index < -0.39 is 0 Å². The molecule has 2 aromatic rings. The van der Waals surface area contributed by atoms with Crippen LogP contribution in [0.2, 0.25) is 0 Å². The highest BCUT2D eigenvalue weighted by Crippen LogP contribution is 2.19. The number of hydrogen-bond acceptors (Lipinski definition) is 2. The summed E-state index contributed by atoms with van der Waals surface area (Å²) >= 11 is 5.51. The number of H-pyrrole nitrogens is 1. The Balaban J connectivity index is 2.13. The number of benzene rings is 1. The van der Waals surface area contributed by atoms with Crippen LogP contribution in [0.1, 0.15) is 29.4 Å². The van der Waals surface area contributed by atoms with E-state index in [0.29, 0.717) is 11.4 Å². The first-order valence-electron chi connectivity index (χ1n) is 5.91. The fourth-order valence-corrected chi connectivity index (χ4v) is 2.62. The molecule has 6 heteroatoms. The van der Waals surface area contributed by atoms with Gasteiger partial charge in [-0.05, 0) is 47.2 Å². The van der Waals surface area contributed by atoms with Crippen LogP contribution >= 0.6 is 38.5 Å². The molecular weight excluding hydrogens is 421 g/mol. The predicted molar refractivity (Wildman–Crippen MR) is 87.4 cm³/mol. The van der Waals surface area contributed by atoms with Gasteiger partial charge in [-0.15, -0.1) is 0 Å². The quantitative estimate of drug-likeness (QED) is 0.716. The summed E-state index contributed by atoms with van der Waals surface area (Å²) in [5.41, 5.74) is 1.66. The summed E-state index contributed by atoms with van der Waals surface area (Å²) in [6.07, 6.45) is 1.97. The monoisotopic (exact) mass is 433 g/mol. The summed E-state index contributed by atoms with van der Waals surface area (Å²) in [7, 11) is 0. The summed E-state index contributed by atoms with van der Waals surface area (Å²) in [5.74, 6) is 0.407. The Kier molecular flexibility index (Phi) is 4.98. The molecular formula is C13H13BrIN3O. The lowest BCUT2D eigenvalue weighted by atomic mass is 10.2. The number of aromatic nitrogens is 2. The van der Waals surface area contributed by atoms with E-state index in [1.54, 1.807) is 6.07 Å². The molecule has 0 aliphatic carbocycles. The van der Waals surface area contributed by atoms with Gasteiger partial charge in [0.15, 0.2) is 5.82 Å². The molecule has 2 rings (SSSR count). The van der Waals surface area contributed by atoms with Gasteiger partial charge in [0, 0.05) is 19.8 Å². The highest BCUT2D eigenvalue weighted by molar-refractivity contribution is 14.1. The molecule has 0 radical (unpaired) electrons. The third-order valence-corrected chi connectivity index (χ3v) is 4.00. The second-order valence-corrected chi connectivity index (χ2v) is 6.18. The molecule has 1 aromatic carbocycles. The second-order valence-electron chi connectivity index (χ2n) is 4.11. The number of amides is 1.